The number of rotatable bonds is 3. The molecule has 0 spiro atoms. The molecule has 0 unspecified atom stereocenters. The summed E-state index contributed by atoms with van der Waals surface area (Å²) >= 11 is 0. The fourth-order valence-electron chi connectivity index (χ4n) is 2.73. The molecule has 3 N–H and O–H groups in total. The fraction of sp³-hybridized carbons (Fsp3) is 0.917. The minimum Gasteiger partial charge on any atom is -0.352 e. The highest BCUT2D eigenvalue weighted by atomic mass is 16.2. The minimum atomic E-state index is 0.181. The zero-order valence-corrected chi connectivity index (χ0v) is 9.95. The summed E-state index contributed by atoms with van der Waals surface area (Å²) in [6.45, 7) is 2.38. The van der Waals surface area contributed by atoms with E-state index in [0.29, 0.717) is 12.6 Å². The van der Waals surface area contributed by atoms with E-state index in [1.54, 1.807) is 0 Å². The molecular weight excluding hydrogens is 202 g/mol. The Hall–Kier alpha value is -0.610. The first-order valence-corrected chi connectivity index (χ1v) is 6.51. The Morgan fingerprint density at radius 3 is 2.62 bits per heavy atom. The molecule has 1 saturated carbocycles. The highest BCUT2D eigenvalue weighted by Gasteiger charge is 2.22. The maximum Gasteiger partial charge on any atom is 0.234 e. The van der Waals surface area contributed by atoms with Crippen molar-refractivity contribution in [1.82, 2.24) is 10.2 Å². The van der Waals surface area contributed by atoms with Crippen LogP contribution in [0.1, 0.15) is 38.5 Å². The van der Waals surface area contributed by atoms with E-state index in [-0.39, 0.29) is 11.9 Å². The van der Waals surface area contributed by atoms with Gasteiger partial charge in [0.15, 0.2) is 0 Å². The van der Waals surface area contributed by atoms with Crippen molar-refractivity contribution < 1.29 is 4.79 Å². The SMILES string of the molecule is N[C@@H]1CCN(CC(=O)NC2CCCCC2)C1. The standard InChI is InChI=1S/C12H23N3O/c13-10-6-7-15(8-10)9-12(16)14-11-4-2-1-3-5-11/h10-11H,1-9,13H2,(H,14,16)/t10-/m1/s1. The normalized spacial score (nSPS) is 28.2. The first-order chi connectivity index (χ1) is 7.74. The fourth-order valence-corrected chi connectivity index (χ4v) is 2.73. The molecule has 2 rings (SSSR count). The van der Waals surface area contributed by atoms with E-state index in [2.05, 4.69) is 10.2 Å². The number of hydrogen-bond donors (Lipinski definition) is 2. The molecule has 16 heavy (non-hydrogen) atoms. The summed E-state index contributed by atoms with van der Waals surface area (Å²) in [5.74, 6) is 0.181. The number of amides is 1. The van der Waals surface area contributed by atoms with Gasteiger partial charge < -0.3 is 11.1 Å². The molecule has 1 atom stereocenters. The number of carbonyl (C=O) groups is 1. The monoisotopic (exact) mass is 225 g/mol. The van der Waals surface area contributed by atoms with Gasteiger partial charge in [0.05, 0.1) is 6.54 Å². The van der Waals surface area contributed by atoms with Gasteiger partial charge in [-0.1, -0.05) is 19.3 Å². The molecule has 4 nitrogen and oxygen atoms in total. The Morgan fingerprint density at radius 1 is 1.25 bits per heavy atom. The van der Waals surface area contributed by atoms with Gasteiger partial charge in [-0.15, -0.1) is 0 Å². The van der Waals surface area contributed by atoms with E-state index in [1.165, 1.54) is 19.3 Å². The molecule has 2 fully saturated rings. The molecule has 1 aliphatic carbocycles. The number of carbonyl (C=O) groups excluding carboxylic acids is 1. The molecule has 0 aromatic carbocycles. The molecular formula is C12H23N3O. The molecule has 1 saturated heterocycles. The first-order valence-electron chi connectivity index (χ1n) is 6.51. The van der Waals surface area contributed by atoms with E-state index >= 15 is 0 Å². The van der Waals surface area contributed by atoms with E-state index < -0.39 is 0 Å². The van der Waals surface area contributed by atoms with Gasteiger partial charge in [0.2, 0.25) is 5.91 Å². The summed E-state index contributed by atoms with van der Waals surface area (Å²) in [5.41, 5.74) is 5.81. The Balaban J connectivity index is 1.67. The molecule has 0 radical (unpaired) electrons. The number of nitrogens with zero attached hydrogens (tertiary/aromatic N) is 1. The van der Waals surface area contributed by atoms with Gasteiger partial charge in [-0.2, -0.15) is 0 Å². The molecule has 4 heteroatoms. The van der Waals surface area contributed by atoms with Crippen LogP contribution in [0.5, 0.6) is 0 Å². The van der Waals surface area contributed by atoms with Crippen LogP contribution in [0, 0.1) is 0 Å². The van der Waals surface area contributed by atoms with Gasteiger partial charge in [0.25, 0.3) is 0 Å². The third-order valence-electron chi connectivity index (χ3n) is 3.65. The Labute approximate surface area is 97.6 Å². The molecule has 2 aliphatic rings. The summed E-state index contributed by atoms with van der Waals surface area (Å²) in [7, 11) is 0. The zero-order chi connectivity index (χ0) is 11.4. The largest absolute Gasteiger partial charge is 0.352 e. The van der Waals surface area contributed by atoms with Crippen LogP contribution in [0.3, 0.4) is 0 Å². The van der Waals surface area contributed by atoms with Gasteiger partial charge in [-0.25, -0.2) is 0 Å². The lowest BCUT2D eigenvalue weighted by atomic mass is 9.95. The summed E-state index contributed by atoms with van der Waals surface area (Å²) in [6, 6.07) is 0.694. The van der Waals surface area contributed by atoms with Crippen molar-refractivity contribution in [3.63, 3.8) is 0 Å². The second-order valence-electron chi connectivity index (χ2n) is 5.19. The first kappa shape index (κ1) is 11.9. The molecule has 1 heterocycles. The van der Waals surface area contributed by atoms with Crippen LogP contribution >= 0.6 is 0 Å². The van der Waals surface area contributed by atoms with Crippen LogP contribution in [0.25, 0.3) is 0 Å². The zero-order valence-electron chi connectivity index (χ0n) is 9.95. The Morgan fingerprint density at radius 2 is 2.00 bits per heavy atom. The second kappa shape index (κ2) is 5.64. The van der Waals surface area contributed by atoms with Crippen LogP contribution in [-0.2, 0) is 4.79 Å². The van der Waals surface area contributed by atoms with Gasteiger partial charge >= 0.3 is 0 Å². The predicted octanol–water partition coefficient (Wildman–Crippen LogP) is 0.468. The number of likely N-dealkylation sites (tertiary alicyclic amines) is 1. The van der Waals surface area contributed by atoms with Crippen molar-refractivity contribution >= 4 is 5.91 Å². The second-order valence-corrected chi connectivity index (χ2v) is 5.19. The van der Waals surface area contributed by atoms with Gasteiger partial charge in [0.1, 0.15) is 0 Å². The summed E-state index contributed by atoms with van der Waals surface area (Å²) in [6.07, 6.45) is 7.19. The lowest BCUT2D eigenvalue weighted by Crippen LogP contribution is -2.42. The van der Waals surface area contributed by atoms with Crippen molar-refractivity contribution in [2.75, 3.05) is 19.6 Å². The molecule has 0 aromatic heterocycles. The molecule has 1 aliphatic heterocycles. The third-order valence-corrected chi connectivity index (χ3v) is 3.65. The average Bonchev–Trinajstić information content (AvgIpc) is 2.65. The number of nitrogens with two attached hydrogens (primary N) is 1. The number of hydrogen-bond acceptors (Lipinski definition) is 3. The molecule has 0 aromatic rings. The van der Waals surface area contributed by atoms with E-state index in [9.17, 15) is 4.79 Å². The lowest BCUT2D eigenvalue weighted by Gasteiger charge is -2.24. The van der Waals surface area contributed by atoms with Gasteiger partial charge in [-0.05, 0) is 19.3 Å². The van der Waals surface area contributed by atoms with Crippen LogP contribution < -0.4 is 11.1 Å². The topological polar surface area (TPSA) is 58.4 Å². The van der Waals surface area contributed by atoms with Crippen molar-refractivity contribution in [3.05, 3.63) is 0 Å². The lowest BCUT2D eigenvalue weighted by molar-refractivity contribution is -0.122. The molecule has 92 valence electrons. The van der Waals surface area contributed by atoms with Gasteiger partial charge in [0, 0.05) is 25.2 Å². The van der Waals surface area contributed by atoms with Crippen LogP contribution in [-0.4, -0.2) is 42.5 Å². The summed E-state index contributed by atoms with van der Waals surface area (Å²) < 4.78 is 0. The van der Waals surface area contributed by atoms with Gasteiger partial charge in [-0.3, -0.25) is 9.69 Å². The van der Waals surface area contributed by atoms with E-state index in [1.807, 2.05) is 0 Å². The van der Waals surface area contributed by atoms with Crippen molar-refractivity contribution in [2.24, 2.45) is 5.73 Å². The Bertz CT molecular complexity index is 230. The Kier molecular flexibility index (Phi) is 4.18. The maximum atomic E-state index is 11.8. The smallest absolute Gasteiger partial charge is 0.234 e. The average molecular weight is 225 g/mol. The highest BCUT2D eigenvalue weighted by Crippen LogP contribution is 2.17. The molecule has 0 bridgehead atoms. The van der Waals surface area contributed by atoms with Crippen molar-refractivity contribution in [3.8, 4) is 0 Å². The van der Waals surface area contributed by atoms with Crippen LogP contribution in [0.2, 0.25) is 0 Å². The van der Waals surface area contributed by atoms with Crippen LogP contribution in [0.4, 0.5) is 0 Å². The van der Waals surface area contributed by atoms with E-state index in [4.69, 9.17) is 5.73 Å². The van der Waals surface area contributed by atoms with Crippen molar-refractivity contribution in [1.29, 1.82) is 0 Å². The maximum absolute atomic E-state index is 11.8. The quantitative estimate of drug-likeness (QED) is 0.734. The van der Waals surface area contributed by atoms with Crippen LogP contribution in [0.15, 0.2) is 0 Å². The number of nitrogens with one attached hydrogen (secondary N) is 1. The summed E-state index contributed by atoms with van der Waals surface area (Å²) in [4.78, 5) is 13.9. The minimum absolute atomic E-state index is 0.181. The van der Waals surface area contributed by atoms with Crippen molar-refractivity contribution in [2.45, 2.75) is 50.6 Å². The predicted molar refractivity (Wildman–Crippen MR) is 64.0 cm³/mol. The summed E-state index contributed by atoms with van der Waals surface area (Å²) in [5, 5.41) is 3.14. The third kappa shape index (κ3) is 3.46. The van der Waals surface area contributed by atoms with E-state index in [0.717, 1.165) is 32.4 Å². The highest BCUT2D eigenvalue weighted by molar-refractivity contribution is 5.78. The molecule has 1 amide bonds.